The Morgan fingerprint density at radius 2 is 1.71 bits per heavy atom. The number of ether oxygens (including phenoxy) is 1. The molecule has 0 saturated heterocycles. The number of carbonyl (C=O) groups is 1. The molecule has 3 nitrogen and oxygen atoms in total. The van der Waals surface area contributed by atoms with Crippen molar-refractivity contribution in [2.45, 2.75) is 26.7 Å². The zero-order valence-electron chi connectivity index (χ0n) is 12.6. The molecule has 0 aliphatic rings. The number of hydrogen-bond acceptors (Lipinski definition) is 2. The van der Waals surface area contributed by atoms with Crippen molar-refractivity contribution in [3.8, 4) is 5.75 Å². The van der Waals surface area contributed by atoms with E-state index in [0.717, 1.165) is 22.6 Å². The van der Waals surface area contributed by atoms with Gasteiger partial charge in [0.2, 0.25) is 5.91 Å². The van der Waals surface area contributed by atoms with Gasteiger partial charge in [0.15, 0.2) is 0 Å². The van der Waals surface area contributed by atoms with Gasteiger partial charge >= 0.3 is 0 Å². The summed E-state index contributed by atoms with van der Waals surface area (Å²) >= 11 is 0. The minimum atomic E-state index is 0.0247. The number of anilines is 1. The average Bonchev–Trinajstić information content (AvgIpc) is 2.43. The SMILES string of the molecule is Cc1cc(C)cc(NC(=O)CCCOc2ccccc2)c1. The Hall–Kier alpha value is -2.29. The minimum Gasteiger partial charge on any atom is -0.494 e. The molecular weight excluding hydrogens is 262 g/mol. The van der Waals surface area contributed by atoms with Crippen LogP contribution in [0.25, 0.3) is 0 Å². The molecule has 3 heteroatoms. The summed E-state index contributed by atoms with van der Waals surface area (Å²) in [6.45, 7) is 4.59. The third kappa shape index (κ3) is 5.30. The molecule has 0 radical (unpaired) electrons. The summed E-state index contributed by atoms with van der Waals surface area (Å²) in [5.41, 5.74) is 3.16. The van der Waals surface area contributed by atoms with Crippen molar-refractivity contribution < 1.29 is 9.53 Å². The monoisotopic (exact) mass is 283 g/mol. The maximum Gasteiger partial charge on any atom is 0.224 e. The Kier molecular flexibility index (Phi) is 5.38. The van der Waals surface area contributed by atoms with E-state index < -0.39 is 0 Å². The Balaban J connectivity index is 1.72. The van der Waals surface area contributed by atoms with Gasteiger partial charge in [0.05, 0.1) is 6.61 Å². The van der Waals surface area contributed by atoms with E-state index >= 15 is 0 Å². The fraction of sp³-hybridized carbons (Fsp3) is 0.278. The molecule has 0 saturated carbocycles. The minimum absolute atomic E-state index is 0.0247. The van der Waals surface area contributed by atoms with E-state index in [9.17, 15) is 4.79 Å². The van der Waals surface area contributed by atoms with E-state index in [0.29, 0.717) is 19.4 Å². The number of para-hydroxylation sites is 1. The van der Waals surface area contributed by atoms with E-state index in [4.69, 9.17) is 4.74 Å². The van der Waals surface area contributed by atoms with Gasteiger partial charge in [-0.3, -0.25) is 4.79 Å². The standard InChI is InChI=1S/C18H21NO2/c1-14-11-15(2)13-16(12-14)19-18(20)9-6-10-21-17-7-4-3-5-8-17/h3-5,7-8,11-13H,6,9-10H2,1-2H3,(H,19,20). The van der Waals surface area contributed by atoms with Crippen LogP contribution in [0.15, 0.2) is 48.5 Å². The van der Waals surface area contributed by atoms with Gasteiger partial charge in [-0.25, -0.2) is 0 Å². The third-order valence-corrected chi connectivity index (χ3v) is 3.07. The highest BCUT2D eigenvalue weighted by molar-refractivity contribution is 5.90. The summed E-state index contributed by atoms with van der Waals surface area (Å²) in [6, 6.07) is 15.7. The second-order valence-electron chi connectivity index (χ2n) is 5.19. The molecule has 21 heavy (non-hydrogen) atoms. The van der Waals surface area contributed by atoms with Crippen molar-refractivity contribution >= 4 is 11.6 Å². The van der Waals surface area contributed by atoms with Gasteiger partial charge in [0.25, 0.3) is 0 Å². The number of nitrogens with one attached hydrogen (secondary N) is 1. The van der Waals surface area contributed by atoms with E-state index in [2.05, 4.69) is 11.4 Å². The zero-order valence-corrected chi connectivity index (χ0v) is 12.6. The van der Waals surface area contributed by atoms with Crippen molar-refractivity contribution in [1.82, 2.24) is 0 Å². The van der Waals surface area contributed by atoms with Gasteiger partial charge in [-0.2, -0.15) is 0 Å². The molecule has 1 amide bonds. The lowest BCUT2D eigenvalue weighted by Gasteiger charge is -2.08. The van der Waals surface area contributed by atoms with E-state index in [1.54, 1.807) is 0 Å². The largest absolute Gasteiger partial charge is 0.494 e. The van der Waals surface area contributed by atoms with Crippen molar-refractivity contribution in [3.63, 3.8) is 0 Å². The molecule has 0 aliphatic heterocycles. The molecule has 0 aromatic heterocycles. The highest BCUT2D eigenvalue weighted by Gasteiger charge is 2.03. The van der Waals surface area contributed by atoms with Gasteiger partial charge in [0.1, 0.15) is 5.75 Å². The first kappa shape index (κ1) is 15.1. The second kappa shape index (κ2) is 7.48. The quantitative estimate of drug-likeness (QED) is 0.810. The molecule has 0 atom stereocenters. The van der Waals surface area contributed by atoms with Crippen LogP contribution in [-0.2, 0) is 4.79 Å². The Bertz CT molecular complexity index is 573. The van der Waals surface area contributed by atoms with Crippen molar-refractivity contribution in [3.05, 3.63) is 59.7 Å². The summed E-state index contributed by atoms with van der Waals surface area (Å²) in [5, 5.41) is 2.93. The van der Waals surface area contributed by atoms with Gasteiger partial charge < -0.3 is 10.1 Å². The predicted octanol–water partition coefficient (Wildman–Crippen LogP) is 4.10. The van der Waals surface area contributed by atoms with Crippen LogP contribution in [0, 0.1) is 13.8 Å². The summed E-state index contributed by atoms with van der Waals surface area (Å²) in [4.78, 5) is 11.9. The molecule has 2 rings (SSSR count). The fourth-order valence-electron chi connectivity index (χ4n) is 2.21. The molecule has 0 bridgehead atoms. The number of carbonyl (C=O) groups excluding carboxylic acids is 1. The molecule has 0 unspecified atom stereocenters. The number of hydrogen-bond donors (Lipinski definition) is 1. The average molecular weight is 283 g/mol. The molecule has 0 fully saturated rings. The molecular formula is C18H21NO2. The molecule has 0 spiro atoms. The smallest absolute Gasteiger partial charge is 0.224 e. The third-order valence-electron chi connectivity index (χ3n) is 3.07. The summed E-state index contributed by atoms with van der Waals surface area (Å²) in [7, 11) is 0. The van der Waals surface area contributed by atoms with Crippen molar-refractivity contribution in [1.29, 1.82) is 0 Å². The van der Waals surface area contributed by atoms with Crippen LogP contribution in [0.1, 0.15) is 24.0 Å². The van der Waals surface area contributed by atoms with Gasteiger partial charge in [-0.15, -0.1) is 0 Å². The number of aryl methyl sites for hydroxylation is 2. The Labute approximate surface area is 126 Å². The van der Waals surface area contributed by atoms with E-state index in [-0.39, 0.29) is 5.91 Å². The number of benzene rings is 2. The summed E-state index contributed by atoms with van der Waals surface area (Å²) in [5.74, 6) is 0.865. The lowest BCUT2D eigenvalue weighted by Crippen LogP contribution is -2.13. The molecule has 2 aromatic carbocycles. The van der Waals surface area contributed by atoms with Gasteiger partial charge in [0, 0.05) is 12.1 Å². The van der Waals surface area contributed by atoms with Crippen LogP contribution in [0.3, 0.4) is 0 Å². The maximum atomic E-state index is 11.9. The van der Waals surface area contributed by atoms with Crippen molar-refractivity contribution in [2.24, 2.45) is 0 Å². The number of amides is 1. The van der Waals surface area contributed by atoms with Crippen LogP contribution in [0.4, 0.5) is 5.69 Å². The van der Waals surface area contributed by atoms with Crippen LogP contribution in [0.5, 0.6) is 5.75 Å². The second-order valence-corrected chi connectivity index (χ2v) is 5.19. The topological polar surface area (TPSA) is 38.3 Å². The first-order chi connectivity index (χ1) is 10.1. The normalized spacial score (nSPS) is 10.2. The molecule has 2 aromatic rings. The Morgan fingerprint density at radius 1 is 1.05 bits per heavy atom. The number of rotatable bonds is 6. The van der Waals surface area contributed by atoms with Crippen LogP contribution in [0.2, 0.25) is 0 Å². The molecule has 1 N–H and O–H groups in total. The first-order valence-electron chi connectivity index (χ1n) is 7.19. The Morgan fingerprint density at radius 3 is 2.38 bits per heavy atom. The van der Waals surface area contributed by atoms with E-state index in [1.807, 2.05) is 56.3 Å². The lowest BCUT2D eigenvalue weighted by atomic mass is 10.1. The summed E-state index contributed by atoms with van der Waals surface area (Å²) in [6.07, 6.45) is 1.16. The predicted molar refractivity (Wildman–Crippen MR) is 85.7 cm³/mol. The highest BCUT2D eigenvalue weighted by Crippen LogP contribution is 2.14. The van der Waals surface area contributed by atoms with Gasteiger partial charge in [-0.1, -0.05) is 24.3 Å². The molecule has 110 valence electrons. The molecule has 0 aliphatic carbocycles. The van der Waals surface area contributed by atoms with E-state index in [1.165, 1.54) is 0 Å². The van der Waals surface area contributed by atoms with Crippen LogP contribution in [-0.4, -0.2) is 12.5 Å². The first-order valence-corrected chi connectivity index (χ1v) is 7.19. The maximum absolute atomic E-state index is 11.9. The zero-order chi connectivity index (χ0) is 15.1. The lowest BCUT2D eigenvalue weighted by molar-refractivity contribution is -0.116. The van der Waals surface area contributed by atoms with Crippen LogP contribution < -0.4 is 10.1 Å². The molecule has 0 heterocycles. The summed E-state index contributed by atoms with van der Waals surface area (Å²) < 4.78 is 5.56. The fourth-order valence-corrected chi connectivity index (χ4v) is 2.21. The highest BCUT2D eigenvalue weighted by atomic mass is 16.5. The van der Waals surface area contributed by atoms with Crippen molar-refractivity contribution in [2.75, 3.05) is 11.9 Å². The van der Waals surface area contributed by atoms with Gasteiger partial charge in [-0.05, 0) is 55.7 Å². The van der Waals surface area contributed by atoms with Crippen LogP contribution >= 0.6 is 0 Å².